The summed E-state index contributed by atoms with van der Waals surface area (Å²) in [6.07, 6.45) is 7.88. The van der Waals surface area contributed by atoms with Crippen molar-refractivity contribution in [1.82, 2.24) is 10.3 Å². The van der Waals surface area contributed by atoms with Gasteiger partial charge in [-0.15, -0.1) is 6.42 Å². The van der Waals surface area contributed by atoms with E-state index in [2.05, 4.69) is 16.2 Å². The van der Waals surface area contributed by atoms with Crippen molar-refractivity contribution in [3.63, 3.8) is 0 Å². The Bertz CT molecular complexity index is 409. The molecule has 5 nitrogen and oxygen atoms in total. The zero-order valence-electron chi connectivity index (χ0n) is 8.47. The molecule has 0 aliphatic carbocycles. The molecule has 0 aliphatic rings. The highest BCUT2D eigenvalue weighted by Gasteiger charge is 2.08. The summed E-state index contributed by atoms with van der Waals surface area (Å²) in [6, 6.07) is 3.00. The number of carbonyl (C=O) groups is 2. The summed E-state index contributed by atoms with van der Waals surface area (Å²) < 4.78 is 4.74. The van der Waals surface area contributed by atoms with Gasteiger partial charge in [0.15, 0.2) is 6.61 Å². The second kappa shape index (κ2) is 6.19. The number of nitrogens with zero attached hydrogens (tertiary/aromatic N) is 1. The molecule has 0 fully saturated rings. The number of carbonyl (C=O) groups excluding carboxylic acids is 2. The van der Waals surface area contributed by atoms with E-state index in [-0.39, 0.29) is 13.2 Å². The van der Waals surface area contributed by atoms with Crippen LogP contribution in [0.1, 0.15) is 10.4 Å². The first-order valence-corrected chi connectivity index (χ1v) is 4.51. The van der Waals surface area contributed by atoms with E-state index >= 15 is 0 Å². The highest BCUT2D eigenvalue weighted by Crippen LogP contribution is 1.98. The van der Waals surface area contributed by atoms with Gasteiger partial charge in [-0.25, -0.2) is 4.79 Å². The van der Waals surface area contributed by atoms with E-state index in [9.17, 15) is 9.59 Å². The van der Waals surface area contributed by atoms with Crippen molar-refractivity contribution in [2.24, 2.45) is 0 Å². The average Bonchev–Trinajstić information content (AvgIpc) is 2.34. The summed E-state index contributed by atoms with van der Waals surface area (Å²) in [5.74, 6) is 1.24. The van der Waals surface area contributed by atoms with Crippen LogP contribution in [0.5, 0.6) is 0 Å². The van der Waals surface area contributed by atoms with Gasteiger partial charge in [-0.3, -0.25) is 9.78 Å². The van der Waals surface area contributed by atoms with Crippen LogP contribution in [0.25, 0.3) is 0 Å². The Morgan fingerprint density at radius 1 is 1.44 bits per heavy atom. The lowest BCUT2D eigenvalue weighted by atomic mass is 10.3. The number of pyridine rings is 1. The van der Waals surface area contributed by atoms with Gasteiger partial charge >= 0.3 is 5.97 Å². The molecule has 0 atom stereocenters. The van der Waals surface area contributed by atoms with Crippen molar-refractivity contribution >= 4 is 11.9 Å². The van der Waals surface area contributed by atoms with Crippen LogP contribution in [0.4, 0.5) is 0 Å². The van der Waals surface area contributed by atoms with E-state index in [1.54, 1.807) is 0 Å². The third-order valence-electron chi connectivity index (χ3n) is 1.64. The largest absolute Gasteiger partial charge is 0.452 e. The molecule has 1 aromatic heterocycles. The van der Waals surface area contributed by atoms with Crippen LogP contribution in [-0.2, 0) is 9.53 Å². The van der Waals surface area contributed by atoms with Crippen LogP contribution in [0, 0.1) is 12.3 Å². The number of terminal acetylenes is 1. The number of hydrogen-bond donors (Lipinski definition) is 1. The van der Waals surface area contributed by atoms with E-state index in [0.717, 1.165) is 0 Å². The Hall–Kier alpha value is -2.35. The quantitative estimate of drug-likeness (QED) is 0.570. The maximum atomic E-state index is 11.4. The third-order valence-corrected chi connectivity index (χ3v) is 1.64. The fourth-order valence-electron chi connectivity index (χ4n) is 0.903. The molecule has 0 bridgehead atoms. The van der Waals surface area contributed by atoms with Crippen molar-refractivity contribution in [1.29, 1.82) is 0 Å². The first kappa shape index (κ1) is 11.7. The fourth-order valence-corrected chi connectivity index (χ4v) is 0.903. The second-order valence-corrected chi connectivity index (χ2v) is 2.79. The van der Waals surface area contributed by atoms with E-state index < -0.39 is 11.9 Å². The van der Waals surface area contributed by atoms with Crippen LogP contribution < -0.4 is 5.32 Å². The Balaban J connectivity index is 2.37. The summed E-state index contributed by atoms with van der Waals surface area (Å²) in [6.45, 7) is -0.228. The molecule has 1 rings (SSSR count). The van der Waals surface area contributed by atoms with Crippen LogP contribution in [0.15, 0.2) is 24.5 Å². The molecule has 1 N–H and O–H groups in total. The number of esters is 1. The number of hydrogen-bond acceptors (Lipinski definition) is 4. The zero-order valence-corrected chi connectivity index (χ0v) is 8.47. The van der Waals surface area contributed by atoms with E-state index in [1.807, 2.05) is 0 Å². The Morgan fingerprint density at radius 3 is 2.75 bits per heavy atom. The molecule has 82 valence electrons. The minimum atomic E-state index is -0.571. The van der Waals surface area contributed by atoms with Gasteiger partial charge in [0.1, 0.15) is 0 Å². The molecule has 5 heteroatoms. The molecule has 0 saturated heterocycles. The first-order chi connectivity index (χ1) is 7.74. The van der Waals surface area contributed by atoms with Crippen molar-refractivity contribution in [2.75, 3.05) is 13.2 Å². The van der Waals surface area contributed by atoms with Crippen LogP contribution in [-0.4, -0.2) is 30.0 Å². The minimum absolute atomic E-state index is 0.117. The number of amides is 1. The van der Waals surface area contributed by atoms with Crippen LogP contribution in [0.2, 0.25) is 0 Å². The van der Waals surface area contributed by atoms with Gasteiger partial charge in [-0.2, -0.15) is 0 Å². The van der Waals surface area contributed by atoms with Gasteiger partial charge in [0, 0.05) is 12.4 Å². The molecule has 1 amide bonds. The van der Waals surface area contributed by atoms with Crippen LogP contribution in [0.3, 0.4) is 0 Å². The van der Waals surface area contributed by atoms with Gasteiger partial charge in [0.25, 0.3) is 5.91 Å². The molecule has 0 unspecified atom stereocenters. The monoisotopic (exact) mass is 218 g/mol. The molecule has 0 aliphatic heterocycles. The maximum absolute atomic E-state index is 11.4. The molecule has 16 heavy (non-hydrogen) atoms. The molecular formula is C11H10N2O3. The number of aromatic nitrogens is 1. The molecule has 1 aromatic rings. The summed E-state index contributed by atoms with van der Waals surface area (Å²) >= 11 is 0. The molecule has 1 heterocycles. The molecule has 0 spiro atoms. The second-order valence-electron chi connectivity index (χ2n) is 2.79. The van der Waals surface area contributed by atoms with E-state index in [1.165, 1.54) is 24.5 Å². The highest BCUT2D eigenvalue weighted by molar-refractivity contribution is 5.91. The lowest BCUT2D eigenvalue weighted by Crippen LogP contribution is -2.28. The lowest BCUT2D eigenvalue weighted by Gasteiger charge is -2.03. The molecule has 0 aromatic carbocycles. The topological polar surface area (TPSA) is 68.3 Å². The van der Waals surface area contributed by atoms with Crippen molar-refractivity contribution in [3.8, 4) is 12.3 Å². The lowest BCUT2D eigenvalue weighted by molar-refractivity contribution is -0.123. The average molecular weight is 218 g/mol. The van der Waals surface area contributed by atoms with Crippen molar-refractivity contribution < 1.29 is 14.3 Å². The number of rotatable bonds is 4. The van der Waals surface area contributed by atoms with Crippen molar-refractivity contribution in [2.45, 2.75) is 0 Å². The van der Waals surface area contributed by atoms with E-state index in [0.29, 0.717) is 5.56 Å². The van der Waals surface area contributed by atoms with Gasteiger partial charge < -0.3 is 10.1 Å². The fraction of sp³-hybridized carbons (Fsp3) is 0.182. The third kappa shape index (κ3) is 3.80. The van der Waals surface area contributed by atoms with Gasteiger partial charge in [0.2, 0.25) is 0 Å². The van der Waals surface area contributed by atoms with Gasteiger partial charge in [-0.1, -0.05) is 5.92 Å². The van der Waals surface area contributed by atoms with E-state index in [4.69, 9.17) is 11.2 Å². The first-order valence-electron chi connectivity index (χ1n) is 4.51. The Labute approximate surface area is 92.8 Å². The predicted octanol–water partition coefficient (Wildman–Crippen LogP) is -0.0122. The summed E-state index contributed by atoms with van der Waals surface area (Å²) in [5, 5.41) is 2.37. The highest BCUT2D eigenvalue weighted by atomic mass is 16.5. The van der Waals surface area contributed by atoms with Crippen molar-refractivity contribution in [3.05, 3.63) is 30.1 Å². The Morgan fingerprint density at radius 2 is 2.12 bits per heavy atom. The summed E-state index contributed by atoms with van der Waals surface area (Å²) in [5.41, 5.74) is 0.347. The maximum Gasteiger partial charge on any atom is 0.338 e. The molecular weight excluding hydrogens is 208 g/mol. The minimum Gasteiger partial charge on any atom is -0.452 e. The predicted molar refractivity (Wildman–Crippen MR) is 56.4 cm³/mol. The van der Waals surface area contributed by atoms with Gasteiger partial charge in [0.05, 0.1) is 12.1 Å². The SMILES string of the molecule is C#CCNC(=O)COC(=O)c1ccncc1. The van der Waals surface area contributed by atoms with Gasteiger partial charge in [-0.05, 0) is 12.1 Å². The smallest absolute Gasteiger partial charge is 0.338 e. The summed E-state index contributed by atoms with van der Waals surface area (Å²) in [4.78, 5) is 26.1. The number of ether oxygens (including phenoxy) is 1. The summed E-state index contributed by atoms with van der Waals surface area (Å²) in [7, 11) is 0. The standard InChI is InChI=1S/C11H10N2O3/c1-2-5-13-10(14)8-16-11(15)9-3-6-12-7-4-9/h1,3-4,6-7H,5,8H2,(H,13,14). The zero-order chi connectivity index (χ0) is 11.8. The molecule has 0 radical (unpaired) electrons. The van der Waals surface area contributed by atoms with Crippen LogP contribution >= 0.6 is 0 Å². The number of nitrogens with one attached hydrogen (secondary N) is 1. The molecule has 0 saturated carbocycles. The normalized spacial score (nSPS) is 8.94. The Kier molecular flexibility index (Phi) is 4.54.